The van der Waals surface area contributed by atoms with E-state index in [-0.39, 0.29) is 35.6 Å². The van der Waals surface area contributed by atoms with Crippen molar-refractivity contribution in [3.8, 4) is 5.75 Å². The number of hydrogen-bond acceptors (Lipinski definition) is 2. The van der Waals surface area contributed by atoms with Crippen LogP contribution in [0.3, 0.4) is 0 Å². The molecule has 0 heterocycles. The van der Waals surface area contributed by atoms with Crippen LogP contribution in [0, 0.1) is 6.92 Å². The maximum Gasteiger partial charge on any atom is 0.189 e. The molecule has 0 fully saturated rings. The summed E-state index contributed by atoms with van der Waals surface area (Å²) in [4.78, 5) is 4.29. The van der Waals surface area contributed by atoms with E-state index in [9.17, 15) is 0 Å². The normalized spacial score (nSPS) is 13.3. The summed E-state index contributed by atoms with van der Waals surface area (Å²) in [5.74, 6) is 1.35. The minimum absolute atomic E-state index is 0. The van der Waals surface area contributed by atoms with Crippen molar-refractivity contribution in [1.82, 2.24) is 5.32 Å². The van der Waals surface area contributed by atoms with Crippen LogP contribution < -0.4 is 15.8 Å². The quantitative estimate of drug-likeness (QED) is 0.471. The third kappa shape index (κ3) is 7.57. The van der Waals surface area contributed by atoms with Crippen molar-refractivity contribution in [3.05, 3.63) is 29.8 Å². The number of nitrogens with zero attached hydrogens (tertiary/aromatic N) is 1. The molecule has 0 amide bonds. The van der Waals surface area contributed by atoms with E-state index < -0.39 is 0 Å². The van der Waals surface area contributed by atoms with E-state index in [0.29, 0.717) is 12.5 Å². The number of rotatable bonds is 4. The van der Waals surface area contributed by atoms with Gasteiger partial charge < -0.3 is 15.8 Å². The van der Waals surface area contributed by atoms with Crippen molar-refractivity contribution in [1.29, 1.82) is 0 Å². The first-order valence-corrected chi connectivity index (χ1v) is 6.58. The predicted octanol–water partition coefficient (Wildman–Crippen LogP) is 3.08. The first-order valence-electron chi connectivity index (χ1n) is 6.58. The van der Waals surface area contributed by atoms with Gasteiger partial charge in [0.2, 0.25) is 0 Å². The number of benzene rings is 1. The summed E-state index contributed by atoms with van der Waals surface area (Å²) in [6, 6.07) is 7.96. The first kappa shape index (κ1) is 19.0. The lowest BCUT2D eigenvalue weighted by molar-refractivity contribution is 0.228. The molecule has 0 spiro atoms. The Morgan fingerprint density at radius 1 is 1.35 bits per heavy atom. The standard InChI is InChI=1S/C15H25N3O.HI/c1-11-8-6-7-9-13(11)19-12(2)10-17-14(16)18-15(3,4)5;/h6-9,12H,10H2,1-5H3,(H3,16,17,18);1H. The van der Waals surface area contributed by atoms with Crippen LogP contribution in [0.15, 0.2) is 29.3 Å². The van der Waals surface area contributed by atoms with Gasteiger partial charge in [-0.3, -0.25) is 0 Å². The molecule has 1 aromatic rings. The summed E-state index contributed by atoms with van der Waals surface area (Å²) < 4.78 is 5.84. The van der Waals surface area contributed by atoms with Crippen LogP contribution in [0.2, 0.25) is 0 Å². The van der Waals surface area contributed by atoms with Crippen LogP contribution >= 0.6 is 24.0 Å². The monoisotopic (exact) mass is 391 g/mol. The highest BCUT2D eigenvalue weighted by Gasteiger charge is 2.10. The fraction of sp³-hybridized carbons (Fsp3) is 0.533. The highest BCUT2D eigenvalue weighted by molar-refractivity contribution is 14.0. The van der Waals surface area contributed by atoms with Gasteiger partial charge in [0.1, 0.15) is 11.9 Å². The highest BCUT2D eigenvalue weighted by atomic mass is 127. The fourth-order valence-electron chi connectivity index (χ4n) is 1.59. The smallest absolute Gasteiger partial charge is 0.189 e. The number of aryl methyl sites for hydroxylation is 1. The molecule has 1 unspecified atom stereocenters. The van der Waals surface area contributed by atoms with E-state index in [1.165, 1.54) is 0 Å². The molecule has 0 radical (unpaired) electrons. The van der Waals surface area contributed by atoms with Gasteiger partial charge in [-0.15, -0.1) is 24.0 Å². The Bertz CT molecular complexity index is 441. The summed E-state index contributed by atoms with van der Waals surface area (Å²) in [6.45, 7) is 10.7. The van der Waals surface area contributed by atoms with Gasteiger partial charge in [-0.05, 0) is 46.2 Å². The predicted molar refractivity (Wildman–Crippen MR) is 96.1 cm³/mol. The van der Waals surface area contributed by atoms with Crippen molar-refractivity contribution < 1.29 is 4.74 Å². The van der Waals surface area contributed by atoms with Crippen molar-refractivity contribution in [3.63, 3.8) is 0 Å². The number of ether oxygens (including phenoxy) is 1. The van der Waals surface area contributed by atoms with Crippen LogP contribution in [-0.4, -0.2) is 24.1 Å². The molecule has 3 N–H and O–H groups in total. The summed E-state index contributed by atoms with van der Waals surface area (Å²) in [7, 11) is 0. The summed E-state index contributed by atoms with van der Waals surface area (Å²) >= 11 is 0. The third-order valence-corrected chi connectivity index (χ3v) is 2.44. The SMILES string of the molecule is Cc1ccccc1OC(C)CN=C(N)NC(C)(C)C.I. The Hall–Kier alpha value is -0.980. The molecule has 1 atom stereocenters. The van der Waals surface area contributed by atoms with Gasteiger partial charge in [0.15, 0.2) is 5.96 Å². The van der Waals surface area contributed by atoms with E-state index >= 15 is 0 Å². The van der Waals surface area contributed by atoms with Crippen molar-refractivity contribution in [2.45, 2.75) is 46.3 Å². The van der Waals surface area contributed by atoms with E-state index in [2.05, 4.69) is 10.3 Å². The van der Waals surface area contributed by atoms with Crippen LogP contribution in [0.1, 0.15) is 33.3 Å². The van der Waals surface area contributed by atoms with Crippen molar-refractivity contribution in [2.75, 3.05) is 6.54 Å². The Morgan fingerprint density at radius 2 is 1.95 bits per heavy atom. The molecular formula is C15H26IN3O. The number of hydrogen-bond donors (Lipinski definition) is 2. The highest BCUT2D eigenvalue weighted by Crippen LogP contribution is 2.17. The molecular weight excluding hydrogens is 365 g/mol. The van der Waals surface area contributed by atoms with Crippen LogP contribution in [0.5, 0.6) is 5.75 Å². The van der Waals surface area contributed by atoms with Gasteiger partial charge in [0, 0.05) is 5.54 Å². The van der Waals surface area contributed by atoms with Gasteiger partial charge in [0.05, 0.1) is 6.54 Å². The maximum absolute atomic E-state index is 5.84. The Kier molecular flexibility index (Phi) is 7.93. The summed E-state index contributed by atoms with van der Waals surface area (Å²) in [5, 5.41) is 3.12. The molecule has 1 aromatic carbocycles. The number of nitrogens with two attached hydrogens (primary N) is 1. The third-order valence-electron chi connectivity index (χ3n) is 2.44. The number of nitrogens with one attached hydrogen (secondary N) is 1. The maximum atomic E-state index is 5.84. The van der Waals surface area contributed by atoms with Crippen LogP contribution in [0.4, 0.5) is 0 Å². The molecule has 1 rings (SSSR count). The zero-order valence-electron chi connectivity index (χ0n) is 12.9. The lowest BCUT2D eigenvalue weighted by Crippen LogP contribution is -2.45. The van der Waals surface area contributed by atoms with Crippen molar-refractivity contribution >= 4 is 29.9 Å². The molecule has 5 heteroatoms. The summed E-state index contributed by atoms with van der Waals surface area (Å²) in [5.41, 5.74) is 6.86. The first-order chi connectivity index (χ1) is 8.78. The molecule has 0 saturated heterocycles. The van der Waals surface area contributed by atoms with Gasteiger partial charge >= 0.3 is 0 Å². The van der Waals surface area contributed by atoms with Crippen LogP contribution in [-0.2, 0) is 0 Å². The molecule has 0 aromatic heterocycles. The molecule has 0 aliphatic heterocycles. The second kappa shape index (κ2) is 8.34. The van der Waals surface area contributed by atoms with Crippen LogP contribution in [0.25, 0.3) is 0 Å². The molecule has 0 saturated carbocycles. The molecule has 20 heavy (non-hydrogen) atoms. The van der Waals surface area contributed by atoms with Gasteiger partial charge in [0.25, 0.3) is 0 Å². The second-order valence-corrected chi connectivity index (χ2v) is 5.79. The Morgan fingerprint density at radius 3 is 2.50 bits per heavy atom. The fourth-order valence-corrected chi connectivity index (χ4v) is 1.59. The average molecular weight is 391 g/mol. The lowest BCUT2D eigenvalue weighted by atomic mass is 10.1. The minimum atomic E-state index is -0.0757. The van der Waals surface area contributed by atoms with Gasteiger partial charge in [-0.25, -0.2) is 4.99 Å². The molecule has 0 bridgehead atoms. The number of halogens is 1. The zero-order chi connectivity index (χ0) is 14.5. The second-order valence-electron chi connectivity index (χ2n) is 5.79. The molecule has 4 nitrogen and oxygen atoms in total. The van der Waals surface area contributed by atoms with E-state index in [1.54, 1.807) is 0 Å². The number of guanidine groups is 1. The Labute approximate surface area is 139 Å². The topological polar surface area (TPSA) is 59.6 Å². The Balaban J connectivity index is 0.00000361. The largest absolute Gasteiger partial charge is 0.489 e. The summed E-state index contributed by atoms with van der Waals surface area (Å²) in [6.07, 6.45) is -0.0126. The molecule has 0 aliphatic rings. The average Bonchev–Trinajstić information content (AvgIpc) is 2.27. The minimum Gasteiger partial charge on any atom is -0.489 e. The van der Waals surface area contributed by atoms with E-state index in [1.807, 2.05) is 58.9 Å². The van der Waals surface area contributed by atoms with Crippen molar-refractivity contribution in [2.24, 2.45) is 10.7 Å². The zero-order valence-corrected chi connectivity index (χ0v) is 15.3. The number of para-hydroxylation sites is 1. The van der Waals surface area contributed by atoms with E-state index in [0.717, 1.165) is 11.3 Å². The molecule has 114 valence electrons. The van der Waals surface area contributed by atoms with E-state index in [4.69, 9.17) is 10.5 Å². The molecule has 0 aliphatic carbocycles. The lowest BCUT2D eigenvalue weighted by Gasteiger charge is -2.21. The van der Waals surface area contributed by atoms with Gasteiger partial charge in [-0.1, -0.05) is 18.2 Å². The van der Waals surface area contributed by atoms with Gasteiger partial charge in [-0.2, -0.15) is 0 Å². The number of aliphatic imine (C=N–C) groups is 1.